The van der Waals surface area contributed by atoms with E-state index in [1.54, 1.807) is 0 Å². The van der Waals surface area contributed by atoms with Gasteiger partial charge in [-0.15, -0.1) is 0 Å². The lowest BCUT2D eigenvalue weighted by Gasteiger charge is -2.17. The van der Waals surface area contributed by atoms with Gasteiger partial charge in [0.2, 0.25) is 0 Å². The number of benzene rings is 2. The monoisotopic (exact) mass is 301 g/mol. The molecule has 0 aliphatic heterocycles. The molecule has 0 heterocycles. The molecule has 0 radical (unpaired) electrons. The topological polar surface area (TPSA) is 29.1 Å². The summed E-state index contributed by atoms with van der Waals surface area (Å²) < 4.78 is 12.4. The highest BCUT2D eigenvalue weighted by atomic mass is 32.2. The van der Waals surface area contributed by atoms with Crippen LogP contribution >= 0.6 is 0 Å². The summed E-state index contributed by atoms with van der Waals surface area (Å²) >= 11 is 0. The first kappa shape index (κ1) is 15.9. The van der Waals surface area contributed by atoms with Gasteiger partial charge in [-0.3, -0.25) is 4.21 Å². The molecular formula is C18H23NOS. The van der Waals surface area contributed by atoms with Gasteiger partial charge in [0.15, 0.2) is 0 Å². The lowest BCUT2D eigenvalue weighted by atomic mass is 10.0. The van der Waals surface area contributed by atoms with Crippen molar-refractivity contribution in [3.05, 3.63) is 65.7 Å². The van der Waals surface area contributed by atoms with Crippen molar-refractivity contribution in [3.8, 4) is 0 Å². The van der Waals surface area contributed by atoms with E-state index in [0.717, 1.165) is 17.7 Å². The molecule has 2 rings (SSSR count). The molecule has 0 aromatic heterocycles. The summed E-state index contributed by atoms with van der Waals surface area (Å²) in [6, 6.07) is 18.4. The van der Waals surface area contributed by atoms with Gasteiger partial charge in [0.1, 0.15) is 0 Å². The third-order valence-corrected chi connectivity index (χ3v) is 5.03. The van der Waals surface area contributed by atoms with Crippen LogP contribution in [0.3, 0.4) is 0 Å². The van der Waals surface area contributed by atoms with E-state index in [9.17, 15) is 4.21 Å². The van der Waals surface area contributed by atoms with Gasteiger partial charge in [-0.05, 0) is 36.7 Å². The first-order valence-electron chi connectivity index (χ1n) is 7.44. The molecule has 3 heteroatoms. The number of hydrogen-bond acceptors (Lipinski definition) is 2. The van der Waals surface area contributed by atoms with Gasteiger partial charge < -0.3 is 5.32 Å². The maximum Gasteiger partial charge on any atom is 0.0548 e. The minimum atomic E-state index is -0.985. The fourth-order valence-electron chi connectivity index (χ4n) is 2.37. The van der Waals surface area contributed by atoms with Crippen molar-refractivity contribution in [2.75, 3.05) is 12.8 Å². The van der Waals surface area contributed by atoms with Gasteiger partial charge in [0.25, 0.3) is 0 Å². The summed E-state index contributed by atoms with van der Waals surface area (Å²) in [4.78, 5) is 0.889. The lowest BCUT2D eigenvalue weighted by molar-refractivity contribution is 0.635. The molecule has 21 heavy (non-hydrogen) atoms. The normalized spacial score (nSPS) is 13.8. The summed E-state index contributed by atoms with van der Waals surface area (Å²) in [6.45, 7) is 2.19. The minimum absolute atomic E-state index is 0.113. The molecule has 0 saturated heterocycles. The van der Waals surface area contributed by atoms with Crippen LogP contribution in [0.15, 0.2) is 59.5 Å². The van der Waals surface area contributed by atoms with E-state index >= 15 is 0 Å². The molecule has 1 N–H and O–H groups in total. The lowest BCUT2D eigenvalue weighted by Crippen LogP contribution is -2.22. The molecule has 0 bridgehead atoms. The zero-order valence-electron chi connectivity index (χ0n) is 12.7. The van der Waals surface area contributed by atoms with E-state index in [2.05, 4.69) is 36.5 Å². The summed E-state index contributed by atoms with van der Waals surface area (Å²) in [6.07, 6.45) is 2.27. The van der Waals surface area contributed by atoms with Gasteiger partial charge in [0, 0.05) is 16.7 Å². The van der Waals surface area contributed by atoms with Crippen molar-refractivity contribution < 1.29 is 4.21 Å². The van der Waals surface area contributed by atoms with Crippen LogP contribution in [0.5, 0.6) is 0 Å². The summed E-state index contributed by atoms with van der Waals surface area (Å²) in [5.41, 5.74) is 2.56. The Kier molecular flexibility index (Phi) is 6.15. The molecule has 0 fully saturated rings. The van der Waals surface area contributed by atoms with E-state index in [4.69, 9.17) is 0 Å². The Balaban J connectivity index is 2.07. The fraction of sp³-hybridized carbons (Fsp3) is 0.333. The van der Waals surface area contributed by atoms with Crippen LogP contribution in [0.25, 0.3) is 0 Å². The van der Waals surface area contributed by atoms with Crippen molar-refractivity contribution in [2.24, 2.45) is 0 Å². The number of hydrogen-bond donors (Lipinski definition) is 1. The molecule has 2 aromatic rings. The van der Waals surface area contributed by atoms with Crippen molar-refractivity contribution in [1.82, 2.24) is 5.32 Å². The Hall–Kier alpha value is -1.45. The fourth-order valence-corrected chi connectivity index (χ4v) is 3.69. The van der Waals surface area contributed by atoms with Crippen LogP contribution in [0.4, 0.5) is 0 Å². The Bertz CT molecular complexity index is 566. The maximum absolute atomic E-state index is 12.4. The Morgan fingerprint density at radius 2 is 1.71 bits per heavy atom. The molecule has 0 saturated carbocycles. The Morgan fingerprint density at radius 1 is 1.05 bits per heavy atom. The van der Waals surface area contributed by atoms with Crippen molar-refractivity contribution in [1.29, 1.82) is 0 Å². The highest BCUT2D eigenvalue weighted by Gasteiger charge is 2.14. The molecule has 2 atom stereocenters. The first-order valence-corrected chi connectivity index (χ1v) is 8.76. The van der Waals surface area contributed by atoms with Gasteiger partial charge in [0.05, 0.1) is 10.8 Å². The van der Waals surface area contributed by atoms with E-state index in [0.29, 0.717) is 5.75 Å². The Labute approximate surface area is 130 Å². The van der Waals surface area contributed by atoms with E-state index in [1.165, 1.54) is 11.1 Å². The molecule has 0 spiro atoms. The van der Waals surface area contributed by atoms with Gasteiger partial charge in [-0.1, -0.05) is 55.8 Å². The highest BCUT2D eigenvalue weighted by molar-refractivity contribution is 7.85. The summed E-state index contributed by atoms with van der Waals surface area (Å²) in [5.74, 6) is 0.591. The minimum Gasteiger partial charge on any atom is -0.312 e. The average molecular weight is 301 g/mol. The highest BCUT2D eigenvalue weighted by Crippen LogP contribution is 2.18. The van der Waals surface area contributed by atoms with Gasteiger partial charge in [-0.25, -0.2) is 0 Å². The largest absolute Gasteiger partial charge is 0.312 e. The molecule has 2 nitrogen and oxygen atoms in total. The van der Waals surface area contributed by atoms with Crippen LogP contribution in [-0.4, -0.2) is 17.0 Å². The quantitative estimate of drug-likeness (QED) is 0.844. The van der Waals surface area contributed by atoms with Crippen molar-refractivity contribution >= 4 is 10.8 Å². The second-order valence-electron chi connectivity index (χ2n) is 5.16. The van der Waals surface area contributed by atoms with Crippen molar-refractivity contribution in [2.45, 2.75) is 30.7 Å². The molecule has 0 aliphatic rings. The van der Waals surface area contributed by atoms with Crippen LogP contribution in [-0.2, 0) is 17.2 Å². The predicted molar refractivity (Wildman–Crippen MR) is 90.0 cm³/mol. The third-order valence-electron chi connectivity index (χ3n) is 3.59. The molecule has 2 unspecified atom stereocenters. The van der Waals surface area contributed by atoms with Crippen molar-refractivity contribution in [3.63, 3.8) is 0 Å². The second-order valence-corrected chi connectivity index (χ2v) is 6.65. The van der Waals surface area contributed by atoms with Gasteiger partial charge in [-0.2, -0.15) is 0 Å². The first-order chi connectivity index (χ1) is 10.2. The van der Waals surface area contributed by atoms with Gasteiger partial charge >= 0.3 is 0 Å². The number of nitrogens with one attached hydrogen (secondary N) is 1. The molecule has 112 valence electrons. The predicted octanol–water partition coefficient (Wildman–Crippen LogP) is 3.71. The second kappa shape index (κ2) is 8.11. The molecule has 2 aromatic carbocycles. The molecule has 0 amide bonds. The zero-order chi connectivity index (χ0) is 15.1. The van der Waals surface area contributed by atoms with Crippen LogP contribution in [0.1, 0.15) is 30.5 Å². The smallest absolute Gasteiger partial charge is 0.0548 e. The Morgan fingerprint density at radius 3 is 2.29 bits per heavy atom. The standard InChI is InChI=1S/C18H23NOS/c1-3-7-15-10-12-16(13-11-15)18(19-2)14-21(20)17-8-5-4-6-9-17/h4-6,8-13,18-19H,3,7,14H2,1-2H3. The van der Waals surface area contributed by atoms with E-state index in [1.807, 2.05) is 37.4 Å². The summed E-state index contributed by atoms with van der Waals surface area (Å²) in [5, 5.41) is 3.28. The van der Waals surface area contributed by atoms with E-state index in [-0.39, 0.29) is 6.04 Å². The van der Waals surface area contributed by atoms with Crippen LogP contribution in [0.2, 0.25) is 0 Å². The average Bonchev–Trinajstić information content (AvgIpc) is 2.54. The third kappa shape index (κ3) is 4.51. The number of aryl methyl sites for hydroxylation is 1. The van der Waals surface area contributed by atoms with Crippen LogP contribution < -0.4 is 5.32 Å². The van der Waals surface area contributed by atoms with Crippen LogP contribution in [0, 0.1) is 0 Å². The SMILES string of the molecule is CCCc1ccc(C(CS(=O)c2ccccc2)NC)cc1. The maximum atomic E-state index is 12.4. The number of rotatable bonds is 7. The summed E-state index contributed by atoms with van der Waals surface area (Å²) in [7, 11) is 0.938. The van der Waals surface area contributed by atoms with E-state index < -0.39 is 10.8 Å². The zero-order valence-corrected chi connectivity index (χ0v) is 13.5. The molecule has 0 aliphatic carbocycles. The molecular weight excluding hydrogens is 278 g/mol.